The van der Waals surface area contributed by atoms with Crippen LogP contribution in [0.15, 0.2) is 4.52 Å². The Bertz CT molecular complexity index is 452. The first-order valence-electron chi connectivity index (χ1n) is 7.04. The van der Waals surface area contributed by atoms with Crippen LogP contribution >= 0.6 is 0 Å². The topological polar surface area (TPSA) is 91.5 Å². The summed E-state index contributed by atoms with van der Waals surface area (Å²) in [6, 6.07) is -0.483. The number of carbonyl (C=O) groups is 1. The zero-order valence-electron chi connectivity index (χ0n) is 12.2. The van der Waals surface area contributed by atoms with Crippen LogP contribution in [0.1, 0.15) is 57.3 Å². The predicted octanol–water partition coefficient (Wildman–Crippen LogP) is 1.42. The summed E-state index contributed by atoms with van der Waals surface area (Å²) < 4.78 is 5.16. The number of urea groups is 1. The highest BCUT2D eigenvalue weighted by molar-refractivity contribution is 5.74. The Kier molecular flexibility index (Phi) is 4.59. The molecule has 0 saturated carbocycles. The summed E-state index contributed by atoms with van der Waals surface area (Å²) in [6.45, 7) is 6.92. The van der Waals surface area contributed by atoms with Crippen molar-refractivity contribution in [3.05, 3.63) is 11.7 Å². The van der Waals surface area contributed by atoms with Crippen molar-refractivity contribution in [2.75, 3.05) is 13.1 Å². The van der Waals surface area contributed by atoms with Crippen LogP contribution in [-0.2, 0) is 0 Å². The standard InChI is InChI=1S/C13H22N4O3/c1-8(2)11-15-12(20-16-11)9(3)14-13(19)17-6-4-10(18)5-7-17/h8-10,18H,4-7H2,1-3H3,(H,14,19)/t9-/m0/s1. The van der Waals surface area contributed by atoms with E-state index in [-0.39, 0.29) is 24.1 Å². The van der Waals surface area contributed by atoms with E-state index in [0.717, 1.165) is 0 Å². The first kappa shape index (κ1) is 14.8. The first-order chi connectivity index (χ1) is 9.47. The SMILES string of the molecule is CC(C)c1noc([C@H](C)NC(=O)N2CCC(O)CC2)n1. The highest BCUT2D eigenvalue weighted by Gasteiger charge is 2.24. The molecule has 2 heterocycles. The molecule has 0 aliphatic carbocycles. The fraction of sp³-hybridized carbons (Fsp3) is 0.769. The third-order valence-corrected chi connectivity index (χ3v) is 3.44. The molecule has 1 atom stereocenters. The molecular formula is C13H22N4O3. The van der Waals surface area contributed by atoms with E-state index in [4.69, 9.17) is 4.52 Å². The van der Waals surface area contributed by atoms with E-state index in [0.29, 0.717) is 37.6 Å². The second-order valence-electron chi connectivity index (χ2n) is 5.53. The molecule has 2 rings (SSSR count). The van der Waals surface area contributed by atoms with Gasteiger partial charge in [0.15, 0.2) is 5.82 Å². The molecule has 0 radical (unpaired) electrons. The highest BCUT2D eigenvalue weighted by atomic mass is 16.5. The van der Waals surface area contributed by atoms with Crippen molar-refractivity contribution in [1.82, 2.24) is 20.4 Å². The van der Waals surface area contributed by atoms with E-state index >= 15 is 0 Å². The highest BCUT2D eigenvalue weighted by Crippen LogP contribution is 2.16. The minimum absolute atomic E-state index is 0.159. The number of likely N-dealkylation sites (tertiary alicyclic amines) is 1. The van der Waals surface area contributed by atoms with Crippen molar-refractivity contribution in [3.8, 4) is 0 Å². The van der Waals surface area contributed by atoms with Gasteiger partial charge in [-0.05, 0) is 19.8 Å². The van der Waals surface area contributed by atoms with Gasteiger partial charge in [0.1, 0.15) is 6.04 Å². The summed E-state index contributed by atoms with van der Waals surface area (Å²) in [4.78, 5) is 18.0. The third kappa shape index (κ3) is 3.47. The van der Waals surface area contributed by atoms with Gasteiger partial charge in [-0.25, -0.2) is 4.79 Å². The molecule has 1 aromatic rings. The maximum absolute atomic E-state index is 12.1. The summed E-state index contributed by atoms with van der Waals surface area (Å²) >= 11 is 0. The molecule has 20 heavy (non-hydrogen) atoms. The summed E-state index contributed by atoms with van der Waals surface area (Å²) in [6.07, 6.45) is 0.959. The second-order valence-corrected chi connectivity index (χ2v) is 5.53. The maximum atomic E-state index is 12.1. The van der Waals surface area contributed by atoms with Gasteiger partial charge in [-0.2, -0.15) is 4.98 Å². The van der Waals surface area contributed by atoms with Crippen LogP contribution in [-0.4, -0.2) is 45.4 Å². The summed E-state index contributed by atoms with van der Waals surface area (Å²) in [5, 5.41) is 16.2. The number of aliphatic hydroxyl groups excluding tert-OH is 1. The van der Waals surface area contributed by atoms with E-state index in [1.54, 1.807) is 4.90 Å². The number of piperidine rings is 1. The van der Waals surface area contributed by atoms with Gasteiger partial charge in [0.25, 0.3) is 0 Å². The van der Waals surface area contributed by atoms with E-state index in [1.807, 2.05) is 20.8 Å². The molecule has 0 unspecified atom stereocenters. The monoisotopic (exact) mass is 282 g/mol. The molecule has 1 aliphatic heterocycles. The van der Waals surface area contributed by atoms with Crippen LogP contribution in [0, 0.1) is 0 Å². The fourth-order valence-corrected chi connectivity index (χ4v) is 2.06. The zero-order chi connectivity index (χ0) is 14.7. The lowest BCUT2D eigenvalue weighted by molar-refractivity contribution is 0.0926. The number of hydrogen-bond acceptors (Lipinski definition) is 5. The Morgan fingerprint density at radius 2 is 2.05 bits per heavy atom. The number of aromatic nitrogens is 2. The fourth-order valence-electron chi connectivity index (χ4n) is 2.06. The Hall–Kier alpha value is -1.63. The Morgan fingerprint density at radius 3 is 2.60 bits per heavy atom. The van der Waals surface area contributed by atoms with Gasteiger partial charge in [-0.1, -0.05) is 19.0 Å². The number of amides is 2. The second kappa shape index (κ2) is 6.21. The molecule has 0 spiro atoms. The zero-order valence-corrected chi connectivity index (χ0v) is 12.2. The average Bonchev–Trinajstić information content (AvgIpc) is 2.89. The van der Waals surface area contributed by atoms with Crippen LogP contribution in [0.2, 0.25) is 0 Å². The van der Waals surface area contributed by atoms with E-state index < -0.39 is 0 Å². The van der Waals surface area contributed by atoms with Crippen molar-refractivity contribution in [2.24, 2.45) is 0 Å². The van der Waals surface area contributed by atoms with Gasteiger partial charge in [0.05, 0.1) is 6.10 Å². The average molecular weight is 282 g/mol. The normalized spacial score (nSPS) is 18.4. The van der Waals surface area contributed by atoms with Crippen molar-refractivity contribution in [1.29, 1.82) is 0 Å². The number of carbonyl (C=O) groups excluding carboxylic acids is 1. The smallest absolute Gasteiger partial charge is 0.318 e. The Morgan fingerprint density at radius 1 is 1.40 bits per heavy atom. The Balaban J connectivity index is 1.89. The quantitative estimate of drug-likeness (QED) is 0.874. The molecule has 1 aliphatic rings. The largest absolute Gasteiger partial charge is 0.393 e. The van der Waals surface area contributed by atoms with Gasteiger partial charge in [-0.3, -0.25) is 0 Å². The molecule has 2 amide bonds. The van der Waals surface area contributed by atoms with Gasteiger partial charge in [-0.15, -0.1) is 0 Å². The minimum Gasteiger partial charge on any atom is -0.393 e. The molecule has 2 N–H and O–H groups in total. The van der Waals surface area contributed by atoms with Crippen molar-refractivity contribution in [3.63, 3.8) is 0 Å². The van der Waals surface area contributed by atoms with Crippen LogP contribution in [0.5, 0.6) is 0 Å². The van der Waals surface area contributed by atoms with E-state index in [9.17, 15) is 9.90 Å². The van der Waals surface area contributed by atoms with Crippen LogP contribution in [0.25, 0.3) is 0 Å². The molecular weight excluding hydrogens is 260 g/mol. The molecule has 1 saturated heterocycles. The van der Waals surface area contributed by atoms with Gasteiger partial charge >= 0.3 is 6.03 Å². The molecule has 1 fully saturated rings. The lowest BCUT2D eigenvalue weighted by Crippen LogP contribution is -2.46. The number of rotatable bonds is 3. The van der Waals surface area contributed by atoms with Crippen molar-refractivity contribution >= 4 is 6.03 Å². The lowest BCUT2D eigenvalue weighted by atomic mass is 10.1. The molecule has 7 nitrogen and oxygen atoms in total. The van der Waals surface area contributed by atoms with E-state index in [1.165, 1.54) is 0 Å². The van der Waals surface area contributed by atoms with Crippen molar-refractivity contribution in [2.45, 2.75) is 51.7 Å². The van der Waals surface area contributed by atoms with Crippen LogP contribution in [0.4, 0.5) is 4.79 Å². The molecule has 0 aromatic carbocycles. The molecule has 0 bridgehead atoms. The summed E-state index contributed by atoms with van der Waals surface area (Å²) in [7, 11) is 0. The van der Waals surface area contributed by atoms with Gasteiger partial charge in [0, 0.05) is 19.0 Å². The maximum Gasteiger partial charge on any atom is 0.318 e. The van der Waals surface area contributed by atoms with Gasteiger partial charge < -0.3 is 19.8 Å². The van der Waals surface area contributed by atoms with Crippen molar-refractivity contribution < 1.29 is 14.4 Å². The molecule has 112 valence electrons. The number of hydrogen-bond donors (Lipinski definition) is 2. The summed E-state index contributed by atoms with van der Waals surface area (Å²) in [5.74, 6) is 1.25. The number of nitrogens with one attached hydrogen (secondary N) is 1. The molecule has 7 heteroatoms. The first-order valence-corrected chi connectivity index (χ1v) is 7.04. The molecule has 1 aromatic heterocycles. The van der Waals surface area contributed by atoms with Gasteiger partial charge in [0.2, 0.25) is 5.89 Å². The lowest BCUT2D eigenvalue weighted by Gasteiger charge is -2.30. The number of nitrogens with zero attached hydrogens (tertiary/aromatic N) is 3. The summed E-state index contributed by atoms with van der Waals surface area (Å²) in [5.41, 5.74) is 0. The predicted molar refractivity (Wildman–Crippen MR) is 72.1 cm³/mol. The van der Waals surface area contributed by atoms with Crippen LogP contribution in [0.3, 0.4) is 0 Å². The minimum atomic E-state index is -0.325. The van der Waals surface area contributed by atoms with E-state index in [2.05, 4.69) is 15.5 Å². The Labute approximate surface area is 118 Å². The third-order valence-electron chi connectivity index (χ3n) is 3.44. The van der Waals surface area contributed by atoms with Crippen LogP contribution < -0.4 is 5.32 Å². The number of aliphatic hydroxyl groups is 1.